The van der Waals surface area contributed by atoms with E-state index in [1.54, 1.807) is 0 Å². The molecule has 0 aliphatic carbocycles. The van der Waals surface area contributed by atoms with Gasteiger partial charge < -0.3 is 24.6 Å². The fourth-order valence-corrected chi connectivity index (χ4v) is 3.02. The number of aliphatic hydroxyl groups excluding tert-OH is 1. The molecule has 126 valence electrons. The number of aromatic nitrogens is 2. The lowest BCUT2D eigenvalue weighted by Gasteiger charge is -2.18. The van der Waals surface area contributed by atoms with Gasteiger partial charge in [0.2, 0.25) is 5.95 Å². The Morgan fingerprint density at radius 2 is 2.22 bits per heavy atom. The van der Waals surface area contributed by atoms with Crippen molar-refractivity contribution >= 4 is 17.0 Å². The van der Waals surface area contributed by atoms with E-state index in [2.05, 4.69) is 15.2 Å². The van der Waals surface area contributed by atoms with Crippen LogP contribution in [0.2, 0.25) is 0 Å². The van der Waals surface area contributed by atoms with Crippen molar-refractivity contribution in [2.24, 2.45) is 7.05 Å². The maximum atomic E-state index is 9.25. The van der Waals surface area contributed by atoms with Crippen molar-refractivity contribution in [2.75, 3.05) is 44.7 Å². The summed E-state index contributed by atoms with van der Waals surface area (Å²) in [6, 6.07) is 5.87. The summed E-state index contributed by atoms with van der Waals surface area (Å²) >= 11 is 0. The smallest absolute Gasteiger partial charge is 0.203 e. The molecular formula is C17H26N4O2. The minimum atomic E-state index is 0.0590. The number of aryl methyl sites for hydroxylation is 1. The van der Waals surface area contributed by atoms with Crippen LogP contribution in [0.5, 0.6) is 0 Å². The number of nitrogens with one attached hydrogen (secondary N) is 1. The number of benzene rings is 1. The Bertz CT molecular complexity index is 633. The van der Waals surface area contributed by atoms with Crippen LogP contribution in [-0.2, 0) is 18.4 Å². The van der Waals surface area contributed by atoms with Gasteiger partial charge in [0, 0.05) is 33.3 Å². The van der Waals surface area contributed by atoms with Gasteiger partial charge in [-0.05, 0) is 37.1 Å². The molecule has 3 rings (SSSR count). The number of aliphatic hydroxyl groups is 1. The first kappa shape index (κ1) is 16.2. The number of ether oxygens (including phenoxy) is 1. The maximum absolute atomic E-state index is 9.25. The molecule has 1 saturated heterocycles. The molecule has 0 radical (unpaired) electrons. The zero-order chi connectivity index (χ0) is 16.1. The van der Waals surface area contributed by atoms with Crippen LogP contribution < -0.4 is 5.32 Å². The summed E-state index contributed by atoms with van der Waals surface area (Å²) in [5.74, 6) is 0.884. The first-order valence-electron chi connectivity index (χ1n) is 8.38. The predicted molar refractivity (Wildman–Crippen MR) is 91.6 cm³/mol. The molecular weight excluding hydrogens is 292 g/mol. The highest BCUT2D eigenvalue weighted by atomic mass is 16.5. The standard InChI is InChI=1S/C17H26N4O2/c1-20-16-12-14(13-22)4-5-15(16)19-17(20)18-6-2-7-21-8-3-10-23-11-9-21/h4-5,12,22H,2-3,6-11,13H2,1H3,(H,18,19). The molecule has 1 aliphatic heterocycles. The topological polar surface area (TPSA) is 62.6 Å². The van der Waals surface area contributed by atoms with Gasteiger partial charge in [0.1, 0.15) is 0 Å². The van der Waals surface area contributed by atoms with Crippen LogP contribution in [0.3, 0.4) is 0 Å². The highest BCUT2D eigenvalue weighted by Crippen LogP contribution is 2.19. The maximum Gasteiger partial charge on any atom is 0.203 e. The van der Waals surface area contributed by atoms with E-state index in [1.807, 2.05) is 29.8 Å². The van der Waals surface area contributed by atoms with E-state index in [0.29, 0.717) is 0 Å². The molecule has 6 nitrogen and oxygen atoms in total. The molecule has 0 bridgehead atoms. The largest absolute Gasteiger partial charge is 0.392 e. The zero-order valence-corrected chi connectivity index (χ0v) is 13.8. The third kappa shape index (κ3) is 4.02. The van der Waals surface area contributed by atoms with Crippen LogP contribution in [0.4, 0.5) is 5.95 Å². The van der Waals surface area contributed by atoms with Gasteiger partial charge in [-0.1, -0.05) is 6.07 Å². The van der Waals surface area contributed by atoms with Crippen LogP contribution in [0.25, 0.3) is 11.0 Å². The van der Waals surface area contributed by atoms with E-state index in [0.717, 1.165) is 74.8 Å². The van der Waals surface area contributed by atoms with E-state index in [1.165, 1.54) is 0 Å². The number of hydrogen-bond acceptors (Lipinski definition) is 5. The lowest BCUT2D eigenvalue weighted by Crippen LogP contribution is -2.28. The lowest BCUT2D eigenvalue weighted by molar-refractivity contribution is 0.141. The van der Waals surface area contributed by atoms with E-state index < -0.39 is 0 Å². The summed E-state index contributed by atoms with van der Waals surface area (Å²) in [4.78, 5) is 7.09. The van der Waals surface area contributed by atoms with Gasteiger partial charge >= 0.3 is 0 Å². The fraction of sp³-hybridized carbons (Fsp3) is 0.588. The Morgan fingerprint density at radius 1 is 1.30 bits per heavy atom. The molecule has 0 unspecified atom stereocenters. The molecule has 1 aliphatic rings. The van der Waals surface area contributed by atoms with Gasteiger partial charge in [-0.3, -0.25) is 0 Å². The molecule has 0 saturated carbocycles. The molecule has 2 N–H and O–H groups in total. The van der Waals surface area contributed by atoms with Crippen molar-refractivity contribution in [1.82, 2.24) is 14.5 Å². The fourth-order valence-electron chi connectivity index (χ4n) is 3.02. The van der Waals surface area contributed by atoms with Gasteiger partial charge in [-0.15, -0.1) is 0 Å². The Balaban J connectivity index is 1.53. The van der Waals surface area contributed by atoms with Crippen molar-refractivity contribution in [1.29, 1.82) is 0 Å². The van der Waals surface area contributed by atoms with Crippen LogP contribution in [-0.4, -0.2) is 59.0 Å². The van der Waals surface area contributed by atoms with Crippen molar-refractivity contribution in [2.45, 2.75) is 19.4 Å². The summed E-state index contributed by atoms with van der Waals surface area (Å²) in [5, 5.41) is 12.7. The summed E-state index contributed by atoms with van der Waals surface area (Å²) in [6.07, 6.45) is 2.22. The number of fused-ring (bicyclic) bond motifs is 1. The number of nitrogens with zero attached hydrogens (tertiary/aromatic N) is 3. The van der Waals surface area contributed by atoms with Gasteiger partial charge in [0.15, 0.2) is 0 Å². The second-order valence-electron chi connectivity index (χ2n) is 6.06. The molecule has 1 aromatic carbocycles. The van der Waals surface area contributed by atoms with E-state index in [4.69, 9.17) is 4.74 Å². The highest BCUT2D eigenvalue weighted by Gasteiger charge is 2.10. The number of imidazole rings is 1. The summed E-state index contributed by atoms with van der Waals surface area (Å²) in [5.41, 5.74) is 2.91. The Morgan fingerprint density at radius 3 is 3.09 bits per heavy atom. The molecule has 1 fully saturated rings. The van der Waals surface area contributed by atoms with Crippen molar-refractivity contribution in [3.63, 3.8) is 0 Å². The SMILES string of the molecule is Cn1c(NCCCN2CCCOCC2)nc2ccc(CO)cc21. The Hall–Kier alpha value is -1.63. The Labute approximate surface area is 137 Å². The second-order valence-corrected chi connectivity index (χ2v) is 6.06. The minimum absolute atomic E-state index is 0.0590. The van der Waals surface area contributed by atoms with E-state index in [-0.39, 0.29) is 6.61 Å². The molecule has 2 aromatic rings. The molecule has 23 heavy (non-hydrogen) atoms. The molecule has 1 aromatic heterocycles. The van der Waals surface area contributed by atoms with Gasteiger partial charge in [-0.2, -0.15) is 0 Å². The van der Waals surface area contributed by atoms with Crippen molar-refractivity contribution < 1.29 is 9.84 Å². The van der Waals surface area contributed by atoms with Crippen molar-refractivity contribution in [3.8, 4) is 0 Å². The van der Waals surface area contributed by atoms with Crippen LogP contribution in [0.1, 0.15) is 18.4 Å². The summed E-state index contributed by atoms with van der Waals surface area (Å²) in [7, 11) is 2.00. The van der Waals surface area contributed by atoms with Crippen LogP contribution >= 0.6 is 0 Å². The molecule has 2 heterocycles. The van der Waals surface area contributed by atoms with E-state index >= 15 is 0 Å². The quantitative estimate of drug-likeness (QED) is 0.792. The van der Waals surface area contributed by atoms with Gasteiger partial charge in [-0.25, -0.2) is 4.98 Å². The normalized spacial score (nSPS) is 16.6. The minimum Gasteiger partial charge on any atom is -0.392 e. The number of anilines is 1. The average molecular weight is 318 g/mol. The first-order chi connectivity index (χ1) is 11.3. The van der Waals surface area contributed by atoms with Gasteiger partial charge in [0.05, 0.1) is 24.2 Å². The monoisotopic (exact) mass is 318 g/mol. The summed E-state index contributed by atoms with van der Waals surface area (Å²) < 4.78 is 7.53. The molecule has 6 heteroatoms. The van der Waals surface area contributed by atoms with Crippen molar-refractivity contribution in [3.05, 3.63) is 23.8 Å². The molecule has 0 atom stereocenters. The first-order valence-corrected chi connectivity index (χ1v) is 8.38. The number of hydrogen-bond donors (Lipinski definition) is 2. The lowest BCUT2D eigenvalue weighted by atomic mass is 10.2. The van der Waals surface area contributed by atoms with Crippen LogP contribution in [0.15, 0.2) is 18.2 Å². The number of rotatable bonds is 6. The van der Waals surface area contributed by atoms with E-state index in [9.17, 15) is 5.11 Å². The van der Waals surface area contributed by atoms with Gasteiger partial charge in [0.25, 0.3) is 0 Å². The average Bonchev–Trinajstić information content (AvgIpc) is 2.76. The Kier molecular flexibility index (Phi) is 5.48. The summed E-state index contributed by atoms with van der Waals surface area (Å²) in [6.45, 7) is 5.97. The third-order valence-corrected chi connectivity index (χ3v) is 4.38. The predicted octanol–water partition coefficient (Wildman–Crippen LogP) is 1.59. The second kappa shape index (κ2) is 7.77. The molecule has 0 amide bonds. The zero-order valence-electron chi connectivity index (χ0n) is 13.8. The third-order valence-electron chi connectivity index (χ3n) is 4.38. The highest BCUT2D eigenvalue weighted by molar-refractivity contribution is 5.79. The molecule has 0 spiro atoms. The van der Waals surface area contributed by atoms with Crippen LogP contribution in [0, 0.1) is 0 Å².